The van der Waals surface area contributed by atoms with E-state index in [0.29, 0.717) is 22.8 Å². The summed E-state index contributed by atoms with van der Waals surface area (Å²) in [6, 6.07) is 17.5. The molecule has 4 aromatic rings. The van der Waals surface area contributed by atoms with Crippen LogP contribution in [-0.4, -0.2) is 45.2 Å². The van der Waals surface area contributed by atoms with E-state index in [1.807, 2.05) is 56.3 Å². The zero-order chi connectivity index (χ0) is 27.4. The normalized spacial score (nSPS) is 14.2. The van der Waals surface area contributed by atoms with Crippen LogP contribution in [0.1, 0.15) is 48.6 Å². The molecule has 1 aliphatic rings. The number of rotatable bonds is 9. The Labute approximate surface area is 227 Å². The van der Waals surface area contributed by atoms with Crippen LogP contribution in [0.3, 0.4) is 0 Å². The predicted molar refractivity (Wildman–Crippen MR) is 145 cm³/mol. The number of nitrogens with zero attached hydrogens (tertiary/aromatic N) is 5. The predicted octanol–water partition coefficient (Wildman–Crippen LogP) is 4.39. The van der Waals surface area contributed by atoms with Crippen molar-refractivity contribution in [3.63, 3.8) is 0 Å². The molecule has 39 heavy (non-hydrogen) atoms. The first-order chi connectivity index (χ1) is 18.9. The molecule has 0 aliphatic heterocycles. The van der Waals surface area contributed by atoms with Crippen molar-refractivity contribution < 1.29 is 18.7 Å². The van der Waals surface area contributed by atoms with Crippen LogP contribution in [-0.2, 0) is 16.1 Å². The summed E-state index contributed by atoms with van der Waals surface area (Å²) in [5.41, 5.74) is 2.23. The summed E-state index contributed by atoms with van der Waals surface area (Å²) in [5.74, 6) is 1.54. The molecule has 1 N–H and O–H groups in total. The quantitative estimate of drug-likeness (QED) is 0.343. The van der Waals surface area contributed by atoms with Crippen molar-refractivity contribution in [2.24, 2.45) is 0 Å². The van der Waals surface area contributed by atoms with Crippen molar-refractivity contribution in [2.45, 2.75) is 58.2 Å². The van der Waals surface area contributed by atoms with E-state index < -0.39 is 6.04 Å². The van der Waals surface area contributed by atoms with Gasteiger partial charge in [-0.1, -0.05) is 37.1 Å². The standard InChI is InChI=1S/C29H32N6O4/c1-19-7-6-10-23(17-19)35(26(36)18-34-32-28(31-33-34)25-16-11-20(2)39-25)27(21-12-14-24(38-3)15-13-21)29(37)30-22-8-4-5-9-22/h6-7,10-17,22,27H,4-5,8-9,18H2,1-3H3,(H,30,37)/t27-/m0/s1. The molecule has 5 rings (SSSR count). The smallest absolute Gasteiger partial charge is 0.251 e. The van der Waals surface area contributed by atoms with E-state index in [0.717, 1.165) is 37.0 Å². The molecule has 0 radical (unpaired) electrons. The number of nitrogens with one attached hydrogen (secondary N) is 1. The molecule has 1 saturated carbocycles. The van der Waals surface area contributed by atoms with Crippen LogP contribution in [0.25, 0.3) is 11.6 Å². The summed E-state index contributed by atoms with van der Waals surface area (Å²) in [5, 5.41) is 15.7. The van der Waals surface area contributed by atoms with Gasteiger partial charge in [-0.3, -0.25) is 14.5 Å². The fraction of sp³-hybridized carbons (Fsp3) is 0.345. The van der Waals surface area contributed by atoms with E-state index in [2.05, 4.69) is 20.7 Å². The Morgan fingerprint density at radius 3 is 2.54 bits per heavy atom. The first kappa shape index (κ1) is 26.1. The third-order valence-corrected chi connectivity index (χ3v) is 6.88. The van der Waals surface area contributed by atoms with Gasteiger partial charge >= 0.3 is 0 Å². The van der Waals surface area contributed by atoms with E-state index in [-0.39, 0.29) is 30.2 Å². The van der Waals surface area contributed by atoms with Crippen LogP contribution >= 0.6 is 0 Å². The molecule has 1 atom stereocenters. The number of aromatic nitrogens is 4. The molecule has 2 aromatic heterocycles. The monoisotopic (exact) mass is 528 g/mol. The van der Waals surface area contributed by atoms with Gasteiger partial charge in [-0.2, -0.15) is 4.80 Å². The molecule has 10 nitrogen and oxygen atoms in total. The molecule has 0 spiro atoms. The number of hydrogen-bond acceptors (Lipinski definition) is 7. The third kappa shape index (κ3) is 6.00. The third-order valence-electron chi connectivity index (χ3n) is 6.88. The highest BCUT2D eigenvalue weighted by Gasteiger charge is 2.35. The number of tetrazole rings is 1. The number of carbonyl (C=O) groups is 2. The van der Waals surface area contributed by atoms with Gasteiger partial charge in [0.1, 0.15) is 24.1 Å². The van der Waals surface area contributed by atoms with E-state index in [9.17, 15) is 9.59 Å². The van der Waals surface area contributed by atoms with E-state index >= 15 is 0 Å². The van der Waals surface area contributed by atoms with Crippen LogP contribution in [0.4, 0.5) is 5.69 Å². The molecule has 0 bridgehead atoms. The second kappa shape index (κ2) is 11.5. The highest BCUT2D eigenvalue weighted by atomic mass is 16.5. The number of anilines is 1. The maximum Gasteiger partial charge on any atom is 0.251 e. The average Bonchev–Trinajstić information content (AvgIpc) is 3.70. The number of benzene rings is 2. The first-order valence-electron chi connectivity index (χ1n) is 13.1. The Morgan fingerprint density at radius 2 is 1.87 bits per heavy atom. The second-order valence-corrected chi connectivity index (χ2v) is 9.82. The SMILES string of the molecule is COc1ccc([C@@H](C(=O)NC2CCCC2)N(C(=O)Cn2nnc(-c3ccc(C)o3)n2)c2cccc(C)c2)cc1. The number of hydrogen-bond donors (Lipinski definition) is 1. The molecule has 10 heteroatoms. The molecule has 0 saturated heterocycles. The Morgan fingerprint density at radius 1 is 1.10 bits per heavy atom. The minimum atomic E-state index is -0.915. The van der Waals surface area contributed by atoms with E-state index in [1.54, 1.807) is 25.3 Å². The first-order valence-corrected chi connectivity index (χ1v) is 13.1. The van der Waals surface area contributed by atoms with Crippen LogP contribution < -0.4 is 15.0 Å². The summed E-state index contributed by atoms with van der Waals surface area (Å²) < 4.78 is 10.9. The Kier molecular flexibility index (Phi) is 7.72. The number of amides is 2. The summed E-state index contributed by atoms with van der Waals surface area (Å²) in [6.07, 6.45) is 4.01. The fourth-order valence-electron chi connectivity index (χ4n) is 4.93. The lowest BCUT2D eigenvalue weighted by molar-refractivity contribution is -0.127. The van der Waals surface area contributed by atoms with Crippen molar-refractivity contribution in [3.05, 3.63) is 77.6 Å². The minimum Gasteiger partial charge on any atom is -0.497 e. The van der Waals surface area contributed by atoms with Gasteiger partial charge in [-0.25, -0.2) is 0 Å². The molecule has 2 amide bonds. The van der Waals surface area contributed by atoms with Gasteiger partial charge in [0, 0.05) is 11.7 Å². The van der Waals surface area contributed by atoms with Crippen molar-refractivity contribution in [2.75, 3.05) is 12.0 Å². The summed E-state index contributed by atoms with van der Waals surface area (Å²) >= 11 is 0. The lowest BCUT2D eigenvalue weighted by atomic mass is 10.0. The van der Waals surface area contributed by atoms with Crippen molar-refractivity contribution in [3.8, 4) is 17.3 Å². The molecular formula is C29H32N6O4. The number of furan rings is 1. The fourth-order valence-corrected chi connectivity index (χ4v) is 4.93. The van der Waals surface area contributed by atoms with Gasteiger partial charge in [0.2, 0.25) is 11.7 Å². The Balaban J connectivity index is 1.51. The molecule has 1 fully saturated rings. The summed E-state index contributed by atoms with van der Waals surface area (Å²) in [7, 11) is 1.59. The molecule has 2 heterocycles. The number of ether oxygens (including phenoxy) is 1. The van der Waals surface area contributed by atoms with Crippen LogP contribution in [0, 0.1) is 13.8 Å². The maximum absolute atomic E-state index is 14.0. The Hall–Kier alpha value is -4.47. The number of methoxy groups -OCH3 is 1. The van der Waals surface area contributed by atoms with Crippen LogP contribution in [0.15, 0.2) is 65.1 Å². The molecule has 1 aliphatic carbocycles. The van der Waals surface area contributed by atoms with Gasteiger partial charge in [-0.15, -0.1) is 10.2 Å². The number of carbonyl (C=O) groups excluding carboxylic acids is 2. The van der Waals surface area contributed by atoms with Gasteiger partial charge in [0.15, 0.2) is 5.76 Å². The Bertz CT molecular complexity index is 1440. The maximum atomic E-state index is 14.0. The average molecular weight is 529 g/mol. The lowest BCUT2D eigenvalue weighted by Gasteiger charge is -2.32. The van der Waals surface area contributed by atoms with Gasteiger partial charge in [0.05, 0.1) is 7.11 Å². The molecule has 202 valence electrons. The van der Waals surface area contributed by atoms with E-state index in [1.165, 1.54) is 9.70 Å². The van der Waals surface area contributed by atoms with Crippen molar-refractivity contribution in [1.82, 2.24) is 25.5 Å². The second-order valence-electron chi connectivity index (χ2n) is 9.82. The summed E-state index contributed by atoms with van der Waals surface area (Å²) in [4.78, 5) is 30.7. The molecule has 2 aromatic carbocycles. The van der Waals surface area contributed by atoms with Crippen molar-refractivity contribution in [1.29, 1.82) is 0 Å². The van der Waals surface area contributed by atoms with Gasteiger partial charge < -0.3 is 14.5 Å². The lowest BCUT2D eigenvalue weighted by Crippen LogP contribution is -2.47. The largest absolute Gasteiger partial charge is 0.497 e. The highest BCUT2D eigenvalue weighted by Crippen LogP contribution is 2.31. The molecular weight excluding hydrogens is 496 g/mol. The van der Waals surface area contributed by atoms with Crippen molar-refractivity contribution >= 4 is 17.5 Å². The summed E-state index contributed by atoms with van der Waals surface area (Å²) in [6.45, 7) is 3.56. The number of aryl methyl sites for hydroxylation is 2. The van der Waals surface area contributed by atoms with Crippen LogP contribution in [0.2, 0.25) is 0 Å². The zero-order valence-electron chi connectivity index (χ0n) is 22.3. The van der Waals surface area contributed by atoms with Gasteiger partial charge in [-0.05, 0) is 79.4 Å². The van der Waals surface area contributed by atoms with Gasteiger partial charge in [0.25, 0.3) is 5.91 Å². The zero-order valence-corrected chi connectivity index (χ0v) is 22.3. The van der Waals surface area contributed by atoms with E-state index in [4.69, 9.17) is 9.15 Å². The van der Waals surface area contributed by atoms with Crippen LogP contribution in [0.5, 0.6) is 5.75 Å². The molecule has 0 unspecified atom stereocenters. The topological polar surface area (TPSA) is 115 Å². The minimum absolute atomic E-state index is 0.0870. The highest BCUT2D eigenvalue weighted by molar-refractivity contribution is 6.01.